The van der Waals surface area contributed by atoms with Crippen LogP contribution >= 0.6 is 0 Å². The van der Waals surface area contributed by atoms with Gasteiger partial charge in [0.05, 0.1) is 5.56 Å². The molecule has 0 atom stereocenters. The predicted molar refractivity (Wildman–Crippen MR) is 81.9 cm³/mol. The highest BCUT2D eigenvalue weighted by molar-refractivity contribution is 5.78. The van der Waals surface area contributed by atoms with Gasteiger partial charge in [0.15, 0.2) is 0 Å². The molecule has 0 aliphatic heterocycles. The van der Waals surface area contributed by atoms with E-state index in [0.29, 0.717) is 22.3 Å². The molecule has 3 aromatic carbocycles. The lowest BCUT2D eigenvalue weighted by molar-refractivity contribution is 0.589. The van der Waals surface area contributed by atoms with E-state index in [4.69, 9.17) is 0 Å². The topological polar surface area (TPSA) is 0 Å². The first-order valence-electron chi connectivity index (χ1n) is 6.88. The quantitative estimate of drug-likeness (QED) is 0.565. The summed E-state index contributed by atoms with van der Waals surface area (Å²) in [5, 5.41) is 0. The summed E-state index contributed by atoms with van der Waals surface area (Å²) >= 11 is 0. The molecule has 0 amide bonds. The summed E-state index contributed by atoms with van der Waals surface area (Å²) in [5.41, 5.74) is 2.02. The standard InChI is InChI=1S/C19H13F3/c1-12-13(15-6-2-3-9-16(15)20)7-4-8-14(12)19-17(21)10-5-11-18(19)22/h2-11H,1H3. The molecule has 110 valence electrons. The normalized spacial score (nSPS) is 10.7. The molecule has 0 nitrogen and oxygen atoms in total. The third-order valence-electron chi connectivity index (χ3n) is 3.73. The summed E-state index contributed by atoms with van der Waals surface area (Å²) in [4.78, 5) is 0. The Hall–Kier alpha value is -2.55. The predicted octanol–water partition coefficient (Wildman–Crippen LogP) is 5.75. The zero-order valence-electron chi connectivity index (χ0n) is 11.9. The summed E-state index contributed by atoms with van der Waals surface area (Å²) in [7, 11) is 0. The Kier molecular flexibility index (Phi) is 3.72. The van der Waals surface area contributed by atoms with Gasteiger partial charge in [-0.15, -0.1) is 0 Å². The zero-order valence-corrected chi connectivity index (χ0v) is 11.9. The number of hydrogen-bond donors (Lipinski definition) is 0. The number of benzene rings is 3. The van der Waals surface area contributed by atoms with Gasteiger partial charge in [-0.05, 0) is 41.8 Å². The second kappa shape index (κ2) is 5.68. The van der Waals surface area contributed by atoms with Gasteiger partial charge in [0.2, 0.25) is 0 Å². The molecular weight excluding hydrogens is 285 g/mol. The Labute approximate surface area is 126 Å². The fraction of sp³-hybridized carbons (Fsp3) is 0.0526. The molecule has 0 saturated carbocycles. The van der Waals surface area contributed by atoms with E-state index in [1.54, 1.807) is 43.3 Å². The van der Waals surface area contributed by atoms with Crippen molar-refractivity contribution in [3.05, 3.63) is 83.7 Å². The lowest BCUT2D eigenvalue weighted by Gasteiger charge is -2.13. The molecule has 0 aliphatic carbocycles. The molecule has 0 spiro atoms. The molecular formula is C19H13F3. The third kappa shape index (κ3) is 2.39. The fourth-order valence-corrected chi connectivity index (χ4v) is 2.63. The van der Waals surface area contributed by atoms with Crippen LogP contribution in [0.15, 0.2) is 60.7 Å². The second-order valence-corrected chi connectivity index (χ2v) is 5.05. The van der Waals surface area contributed by atoms with Gasteiger partial charge in [-0.2, -0.15) is 0 Å². The van der Waals surface area contributed by atoms with Gasteiger partial charge in [-0.1, -0.05) is 42.5 Å². The van der Waals surface area contributed by atoms with Crippen molar-refractivity contribution in [2.75, 3.05) is 0 Å². The average molecular weight is 298 g/mol. The first-order chi connectivity index (χ1) is 10.6. The van der Waals surface area contributed by atoms with Gasteiger partial charge in [0.25, 0.3) is 0 Å². The van der Waals surface area contributed by atoms with Gasteiger partial charge in [-0.25, -0.2) is 13.2 Å². The lowest BCUT2D eigenvalue weighted by atomic mass is 9.92. The SMILES string of the molecule is Cc1c(-c2ccccc2F)cccc1-c1c(F)cccc1F. The fourth-order valence-electron chi connectivity index (χ4n) is 2.63. The Morgan fingerprint density at radius 2 is 1.05 bits per heavy atom. The van der Waals surface area contributed by atoms with Crippen LogP contribution in [0.4, 0.5) is 13.2 Å². The average Bonchev–Trinajstić information content (AvgIpc) is 2.50. The molecule has 0 N–H and O–H groups in total. The number of rotatable bonds is 2. The molecule has 0 radical (unpaired) electrons. The summed E-state index contributed by atoms with van der Waals surface area (Å²) in [5.74, 6) is -1.63. The third-order valence-corrected chi connectivity index (χ3v) is 3.73. The maximum atomic E-state index is 14.0. The smallest absolute Gasteiger partial charge is 0.133 e. The van der Waals surface area contributed by atoms with E-state index < -0.39 is 11.6 Å². The van der Waals surface area contributed by atoms with E-state index in [1.165, 1.54) is 24.3 Å². The Morgan fingerprint density at radius 1 is 0.545 bits per heavy atom. The summed E-state index contributed by atoms with van der Waals surface area (Å²) < 4.78 is 42.0. The maximum absolute atomic E-state index is 14.0. The molecule has 0 fully saturated rings. The van der Waals surface area contributed by atoms with Gasteiger partial charge in [0, 0.05) is 5.56 Å². The van der Waals surface area contributed by atoms with Crippen molar-refractivity contribution in [1.82, 2.24) is 0 Å². The number of halogens is 3. The van der Waals surface area contributed by atoms with Crippen LogP contribution in [0.25, 0.3) is 22.3 Å². The molecule has 0 unspecified atom stereocenters. The van der Waals surface area contributed by atoms with E-state index in [0.717, 1.165) is 0 Å². The molecule has 3 rings (SSSR count). The second-order valence-electron chi connectivity index (χ2n) is 5.05. The molecule has 0 aromatic heterocycles. The van der Waals surface area contributed by atoms with Crippen LogP contribution in [0.2, 0.25) is 0 Å². The molecule has 0 bridgehead atoms. The van der Waals surface area contributed by atoms with Crippen molar-refractivity contribution in [2.45, 2.75) is 6.92 Å². The van der Waals surface area contributed by atoms with Crippen LogP contribution < -0.4 is 0 Å². The molecule has 0 saturated heterocycles. The van der Waals surface area contributed by atoms with Crippen LogP contribution in [-0.4, -0.2) is 0 Å². The van der Waals surface area contributed by atoms with Crippen molar-refractivity contribution in [3.8, 4) is 22.3 Å². The van der Waals surface area contributed by atoms with E-state index >= 15 is 0 Å². The number of hydrogen-bond acceptors (Lipinski definition) is 0. The minimum absolute atomic E-state index is 0.0850. The Morgan fingerprint density at radius 3 is 1.73 bits per heavy atom. The van der Waals surface area contributed by atoms with Crippen LogP contribution in [-0.2, 0) is 0 Å². The zero-order chi connectivity index (χ0) is 15.7. The maximum Gasteiger partial charge on any atom is 0.133 e. The Balaban J connectivity index is 2.25. The van der Waals surface area contributed by atoms with Crippen LogP contribution in [0.3, 0.4) is 0 Å². The molecule has 3 heteroatoms. The summed E-state index contributed by atoms with van der Waals surface area (Å²) in [6, 6.07) is 15.2. The van der Waals surface area contributed by atoms with Gasteiger partial charge < -0.3 is 0 Å². The van der Waals surface area contributed by atoms with Gasteiger partial charge in [-0.3, -0.25) is 0 Å². The first kappa shape index (κ1) is 14.4. The first-order valence-corrected chi connectivity index (χ1v) is 6.88. The minimum atomic E-state index is -0.631. The van der Waals surface area contributed by atoms with Crippen LogP contribution in [0.5, 0.6) is 0 Å². The molecule has 3 aromatic rings. The van der Waals surface area contributed by atoms with E-state index in [1.807, 2.05) is 0 Å². The lowest BCUT2D eigenvalue weighted by Crippen LogP contribution is -1.95. The molecule has 0 aliphatic rings. The van der Waals surface area contributed by atoms with Gasteiger partial charge in [0.1, 0.15) is 17.5 Å². The highest BCUT2D eigenvalue weighted by atomic mass is 19.1. The minimum Gasteiger partial charge on any atom is -0.206 e. The molecule has 0 heterocycles. The van der Waals surface area contributed by atoms with Crippen LogP contribution in [0.1, 0.15) is 5.56 Å². The van der Waals surface area contributed by atoms with Crippen molar-refractivity contribution in [1.29, 1.82) is 0 Å². The van der Waals surface area contributed by atoms with Gasteiger partial charge >= 0.3 is 0 Å². The van der Waals surface area contributed by atoms with Crippen LogP contribution in [0, 0.1) is 24.4 Å². The van der Waals surface area contributed by atoms with Crippen molar-refractivity contribution in [3.63, 3.8) is 0 Å². The Bertz CT molecular complexity index is 818. The largest absolute Gasteiger partial charge is 0.206 e. The summed E-state index contributed by atoms with van der Waals surface area (Å²) in [6.07, 6.45) is 0. The highest BCUT2D eigenvalue weighted by Gasteiger charge is 2.16. The monoisotopic (exact) mass is 298 g/mol. The highest BCUT2D eigenvalue weighted by Crippen LogP contribution is 2.35. The van der Waals surface area contributed by atoms with Crippen molar-refractivity contribution >= 4 is 0 Å². The van der Waals surface area contributed by atoms with Crippen molar-refractivity contribution in [2.24, 2.45) is 0 Å². The van der Waals surface area contributed by atoms with E-state index in [2.05, 4.69) is 0 Å². The van der Waals surface area contributed by atoms with E-state index in [9.17, 15) is 13.2 Å². The molecule has 22 heavy (non-hydrogen) atoms. The van der Waals surface area contributed by atoms with Crippen molar-refractivity contribution < 1.29 is 13.2 Å². The van der Waals surface area contributed by atoms with E-state index in [-0.39, 0.29) is 11.4 Å². The summed E-state index contributed by atoms with van der Waals surface area (Å²) in [6.45, 7) is 1.74.